The summed E-state index contributed by atoms with van der Waals surface area (Å²) in [5, 5.41) is 0. The first-order chi connectivity index (χ1) is 7.49. The molecular weight excluding hydrogens is 296 g/mol. The summed E-state index contributed by atoms with van der Waals surface area (Å²) in [6, 6.07) is 4.02. The van der Waals surface area contributed by atoms with Crippen molar-refractivity contribution in [2.24, 2.45) is 0 Å². The number of anilines is 1. The van der Waals surface area contributed by atoms with Crippen LogP contribution in [0.15, 0.2) is 22.7 Å². The lowest BCUT2D eigenvalue weighted by Gasteiger charge is -2.04. The Morgan fingerprint density at radius 3 is 2.44 bits per heavy atom. The molecule has 2 aromatic rings. The number of thiophene rings is 1. The average Bonchev–Trinajstić information content (AvgIpc) is 2.51. The molecule has 2 rings (SSSR count). The maximum atomic E-state index is 13.6. The molecule has 0 saturated heterocycles. The molecule has 0 amide bonds. The molecule has 0 aliphatic carbocycles. The summed E-state index contributed by atoms with van der Waals surface area (Å²) in [6.07, 6.45) is 0. The van der Waals surface area contributed by atoms with Gasteiger partial charge in [-0.05, 0) is 35.0 Å². The summed E-state index contributed by atoms with van der Waals surface area (Å²) >= 11 is 4.77. The first kappa shape index (κ1) is 11.5. The Morgan fingerprint density at radius 2 is 1.88 bits per heavy atom. The summed E-state index contributed by atoms with van der Waals surface area (Å²) in [7, 11) is 0. The lowest BCUT2D eigenvalue weighted by molar-refractivity contribution is 0.589. The Hall–Kier alpha value is -0.940. The van der Waals surface area contributed by atoms with Crippen LogP contribution >= 0.6 is 27.3 Å². The molecule has 0 aliphatic rings. The van der Waals surface area contributed by atoms with Crippen LogP contribution in [-0.2, 0) is 0 Å². The average molecular weight is 304 g/mol. The van der Waals surface area contributed by atoms with Crippen LogP contribution in [0.4, 0.5) is 14.5 Å². The summed E-state index contributed by atoms with van der Waals surface area (Å²) in [5.41, 5.74) is 5.71. The first-order valence-electron chi connectivity index (χ1n) is 4.50. The van der Waals surface area contributed by atoms with Crippen molar-refractivity contribution in [2.45, 2.75) is 6.92 Å². The third-order valence-corrected chi connectivity index (χ3v) is 4.11. The van der Waals surface area contributed by atoms with Gasteiger partial charge in [0.15, 0.2) is 0 Å². The van der Waals surface area contributed by atoms with Crippen LogP contribution < -0.4 is 5.73 Å². The molecule has 2 N–H and O–H groups in total. The topological polar surface area (TPSA) is 26.0 Å². The molecule has 1 nitrogen and oxygen atoms in total. The van der Waals surface area contributed by atoms with E-state index in [2.05, 4.69) is 15.9 Å². The van der Waals surface area contributed by atoms with Gasteiger partial charge in [0, 0.05) is 21.0 Å². The Balaban J connectivity index is 2.64. The van der Waals surface area contributed by atoms with E-state index in [0.717, 1.165) is 20.3 Å². The zero-order valence-corrected chi connectivity index (χ0v) is 10.8. The molecule has 0 atom stereocenters. The standard InChI is InChI=1S/C11H8BrF2NS/c1-5-2-7(12)11(16-5)6-3-10(15)9(14)4-8(6)13/h2-4H,15H2,1H3. The SMILES string of the molecule is Cc1cc(Br)c(-c2cc(N)c(F)cc2F)s1. The third-order valence-electron chi connectivity index (χ3n) is 2.14. The number of hydrogen-bond donors (Lipinski definition) is 1. The zero-order chi connectivity index (χ0) is 11.9. The smallest absolute Gasteiger partial charge is 0.149 e. The minimum absolute atomic E-state index is 0.0469. The predicted molar refractivity (Wildman–Crippen MR) is 66.5 cm³/mol. The number of aryl methyl sites for hydroxylation is 1. The lowest BCUT2D eigenvalue weighted by Crippen LogP contribution is -1.93. The van der Waals surface area contributed by atoms with Crippen LogP contribution in [0.2, 0.25) is 0 Å². The molecule has 0 aliphatic heterocycles. The highest BCUT2D eigenvalue weighted by Crippen LogP contribution is 2.38. The molecule has 0 spiro atoms. The van der Waals surface area contributed by atoms with E-state index in [1.807, 2.05) is 13.0 Å². The lowest BCUT2D eigenvalue weighted by atomic mass is 10.1. The second-order valence-electron chi connectivity index (χ2n) is 3.39. The van der Waals surface area contributed by atoms with Gasteiger partial charge in [0.2, 0.25) is 0 Å². The molecule has 16 heavy (non-hydrogen) atoms. The van der Waals surface area contributed by atoms with Crippen molar-refractivity contribution in [3.8, 4) is 10.4 Å². The van der Waals surface area contributed by atoms with Gasteiger partial charge >= 0.3 is 0 Å². The van der Waals surface area contributed by atoms with Crippen LogP contribution in [-0.4, -0.2) is 0 Å². The summed E-state index contributed by atoms with van der Waals surface area (Å²) in [5.74, 6) is -1.33. The fraction of sp³-hybridized carbons (Fsp3) is 0.0909. The number of halogens is 3. The molecule has 0 fully saturated rings. The van der Waals surface area contributed by atoms with Crippen molar-refractivity contribution in [3.63, 3.8) is 0 Å². The molecule has 84 valence electrons. The molecule has 1 aromatic heterocycles. The Kier molecular flexibility index (Phi) is 2.99. The quantitative estimate of drug-likeness (QED) is 0.779. The number of nitrogens with two attached hydrogens (primary N) is 1. The molecule has 1 heterocycles. The maximum Gasteiger partial charge on any atom is 0.149 e. The van der Waals surface area contributed by atoms with Crippen molar-refractivity contribution in [2.75, 3.05) is 5.73 Å². The van der Waals surface area contributed by atoms with Crippen molar-refractivity contribution >= 4 is 33.0 Å². The second-order valence-corrected chi connectivity index (χ2v) is 5.50. The van der Waals surface area contributed by atoms with Crippen LogP contribution in [0.1, 0.15) is 4.88 Å². The Bertz CT molecular complexity index is 551. The van der Waals surface area contributed by atoms with E-state index in [4.69, 9.17) is 5.73 Å². The van der Waals surface area contributed by atoms with E-state index in [9.17, 15) is 8.78 Å². The van der Waals surface area contributed by atoms with Gasteiger partial charge in [-0.3, -0.25) is 0 Å². The monoisotopic (exact) mass is 303 g/mol. The van der Waals surface area contributed by atoms with Crippen molar-refractivity contribution in [1.29, 1.82) is 0 Å². The van der Waals surface area contributed by atoms with Crippen LogP contribution in [0.3, 0.4) is 0 Å². The van der Waals surface area contributed by atoms with Gasteiger partial charge in [-0.15, -0.1) is 11.3 Å². The molecular formula is C11H8BrF2NS. The van der Waals surface area contributed by atoms with E-state index in [0.29, 0.717) is 5.56 Å². The number of nitrogen functional groups attached to an aromatic ring is 1. The highest BCUT2D eigenvalue weighted by atomic mass is 79.9. The predicted octanol–water partition coefficient (Wildman–Crippen LogP) is 4.35. The molecule has 5 heteroatoms. The Morgan fingerprint density at radius 1 is 1.19 bits per heavy atom. The number of rotatable bonds is 1. The fourth-order valence-electron chi connectivity index (χ4n) is 1.41. The van der Waals surface area contributed by atoms with Gasteiger partial charge in [0.05, 0.1) is 10.6 Å². The first-order valence-corrected chi connectivity index (χ1v) is 6.11. The highest BCUT2D eigenvalue weighted by molar-refractivity contribution is 9.10. The van der Waals surface area contributed by atoms with Crippen molar-refractivity contribution in [1.82, 2.24) is 0 Å². The zero-order valence-electron chi connectivity index (χ0n) is 8.35. The summed E-state index contributed by atoms with van der Waals surface area (Å²) in [6.45, 7) is 1.92. The van der Waals surface area contributed by atoms with E-state index in [-0.39, 0.29) is 5.69 Å². The maximum absolute atomic E-state index is 13.6. The van der Waals surface area contributed by atoms with Gasteiger partial charge < -0.3 is 5.73 Å². The van der Waals surface area contributed by atoms with Crippen LogP contribution in [0.5, 0.6) is 0 Å². The number of hydrogen-bond acceptors (Lipinski definition) is 2. The largest absolute Gasteiger partial charge is 0.396 e. The van der Waals surface area contributed by atoms with Crippen molar-refractivity contribution < 1.29 is 8.78 Å². The summed E-state index contributed by atoms with van der Waals surface area (Å²) in [4.78, 5) is 1.77. The fourth-order valence-corrected chi connectivity index (χ4v) is 3.28. The van der Waals surface area contributed by atoms with Crippen molar-refractivity contribution in [3.05, 3.63) is 39.2 Å². The molecule has 0 unspecified atom stereocenters. The molecule has 0 radical (unpaired) electrons. The van der Waals surface area contributed by atoms with Gasteiger partial charge in [0.25, 0.3) is 0 Å². The molecule has 1 aromatic carbocycles. The van der Waals surface area contributed by atoms with E-state index in [1.165, 1.54) is 17.4 Å². The van der Waals surface area contributed by atoms with Crippen LogP contribution in [0, 0.1) is 18.6 Å². The Labute approximate surface area is 104 Å². The second kappa shape index (κ2) is 4.14. The minimum Gasteiger partial charge on any atom is -0.396 e. The van der Waals surface area contributed by atoms with Crippen LogP contribution in [0.25, 0.3) is 10.4 Å². The highest BCUT2D eigenvalue weighted by Gasteiger charge is 2.14. The van der Waals surface area contributed by atoms with E-state index in [1.54, 1.807) is 0 Å². The van der Waals surface area contributed by atoms with Gasteiger partial charge in [-0.1, -0.05) is 0 Å². The van der Waals surface area contributed by atoms with E-state index < -0.39 is 11.6 Å². The third kappa shape index (κ3) is 1.97. The molecule has 0 bridgehead atoms. The normalized spacial score (nSPS) is 10.8. The van der Waals surface area contributed by atoms with E-state index >= 15 is 0 Å². The summed E-state index contributed by atoms with van der Waals surface area (Å²) < 4.78 is 27.4. The number of benzene rings is 1. The van der Waals surface area contributed by atoms with Gasteiger partial charge in [-0.25, -0.2) is 8.78 Å². The van der Waals surface area contributed by atoms with Gasteiger partial charge in [-0.2, -0.15) is 0 Å². The minimum atomic E-state index is -0.731. The molecule has 0 saturated carbocycles. The van der Waals surface area contributed by atoms with Gasteiger partial charge in [0.1, 0.15) is 11.6 Å².